The first-order valence-electron chi connectivity index (χ1n) is 6.12. The fourth-order valence-corrected chi connectivity index (χ4v) is 1.92. The Morgan fingerprint density at radius 1 is 1.35 bits per heavy atom. The quantitative estimate of drug-likeness (QED) is 0.861. The summed E-state index contributed by atoms with van der Waals surface area (Å²) in [4.78, 5) is 13.7. The largest absolute Gasteiger partial charge is 0.378 e. The Balaban J connectivity index is 1.84. The van der Waals surface area contributed by atoms with Gasteiger partial charge in [-0.3, -0.25) is 4.79 Å². The van der Waals surface area contributed by atoms with Crippen LogP contribution < -0.4 is 10.2 Å². The Hall–Kier alpha value is -1.51. The van der Waals surface area contributed by atoms with Crippen molar-refractivity contribution in [3.63, 3.8) is 0 Å². The number of carbonyl (C=O) groups excluding carboxylic acids is 1. The molecule has 1 aliphatic carbocycles. The Kier molecular flexibility index (Phi) is 3.36. The molecule has 1 amide bonds. The fourth-order valence-electron chi connectivity index (χ4n) is 1.92. The van der Waals surface area contributed by atoms with Crippen molar-refractivity contribution >= 4 is 11.6 Å². The second-order valence-electron chi connectivity index (χ2n) is 5.10. The summed E-state index contributed by atoms with van der Waals surface area (Å²) < 4.78 is 0. The van der Waals surface area contributed by atoms with Crippen LogP contribution >= 0.6 is 0 Å². The van der Waals surface area contributed by atoms with Crippen molar-refractivity contribution in [3.05, 3.63) is 29.8 Å². The average molecular weight is 232 g/mol. The SMILES string of the molecule is C[C@@H]1C[C@@H]1C(=O)NCc1ccc(N(C)C)cc1. The van der Waals surface area contributed by atoms with E-state index in [1.165, 1.54) is 5.69 Å². The number of rotatable bonds is 4. The van der Waals surface area contributed by atoms with E-state index in [0.717, 1.165) is 12.0 Å². The van der Waals surface area contributed by atoms with E-state index in [2.05, 4.69) is 41.4 Å². The van der Waals surface area contributed by atoms with E-state index in [4.69, 9.17) is 0 Å². The van der Waals surface area contributed by atoms with Gasteiger partial charge in [-0.25, -0.2) is 0 Å². The maximum atomic E-state index is 11.6. The highest BCUT2D eigenvalue weighted by atomic mass is 16.2. The molecule has 1 N–H and O–H groups in total. The molecule has 0 radical (unpaired) electrons. The highest BCUT2D eigenvalue weighted by Crippen LogP contribution is 2.37. The second kappa shape index (κ2) is 4.78. The molecule has 3 nitrogen and oxygen atoms in total. The second-order valence-corrected chi connectivity index (χ2v) is 5.10. The Labute approximate surface area is 103 Å². The lowest BCUT2D eigenvalue weighted by Crippen LogP contribution is -2.24. The lowest BCUT2D eigenvalue weighted by molar-refractivity contribution is -0.122. The van der Waals surface area contributed by atoms with Crippen LogP contribution in [0.25, 0.3) is 0 Å². The average Bonchev–Trinajstić information content (AvgIpc) is 3.04. The van der Waals surface area contributed by atoms with Gasteiger partial charge in [0.05, 0.1) is 0 Å². The lowest BCUT2D eigenvalue weighted by atomic mass is 10.2. The smallest absolute Gasteiger partial charge is 0.223 e. The molecule has 0 bridgehead atoms. The van der Waals surface area contributed by atoms with Crippen LogP contribution in [0.4, 0.5) is 5.69 Å². The van der Waals surface area contributed by atoms with Crippen molar-refractivity contribution in [2.75, 3.05) is 19.0 Å². The van der Waals surface area contributed by atoms with Gasteiger partial charge in [0, 0.05) is 32.2 Å². The molecular formula is C14H20N2O. The van der Waals surface area contributed by atoms with Gasteiger partial charge < -0.3 is 10.2 Å². The van der Waals surface area contributed by atoms with Crippen LogP contribution in [0.3, 0.4) is 0 Å². The number of nitrogens with one attached hydrogen (secondary N) is 1. The van der Waals surface area contributed by atoms with E-state index >= 15 is 0 Å². The molecule has 0 heterocycles. The van der Waals surface area contributed by atoms with E-state index in [0.29, 0.717) is 12.5 Å². The standard InChI is InChI=1S/C14H20N2O/c1-10-8-13(10)14(17)15-9-11-4-6-12(7-5-11)16(2)3/h4-7,10,13H,8-9H2,1-3H3,(H,15,17)/t10-,13+/m1/s1. The molecule has 3 heteroatoms. The van der Waals surface area contributed by atoms with E-state index < -0.39 is 0 Å². The van der Waals surface area contributed by atoms with Crippen molar-refractivity contribution in [1.82, 2.24) is 5.32 Å². The van der Waals surface area contributed by atoms with Crippen LogP contribution in [0.15, 0.2) is 24.3 Å². The number of anilines is 1. The molecular weight excluding hydrogens is 212 g/mol. The molecule has 0 aromatic heterocycles. The summed E-state index contributed by atoms with van der Waals surface area (Å²) in [6, 6.07) is 8.26. The Bertz CT molecular complexity index is 397. The molecule has 92 valence electrons. The summed E-state index contributed by atoms with van der Waals surface area (Å²) in [5.41, 5.74) is 2.33. The highest BCUT2D eigenvalue weighted by molar-refractivity contribution is 5.81. The normalized spacial score (nSPS) is 22.1. The Morgan fingerprint density at radius 3 is 2.41 bits per heavy atom. The van der Waals surface area contributed by atoms with Gasteiger partial charge in [-0.05, 0) is 30.0 Å². The zero-order valence-corrected chi connectivity index (χ0v) is 10.7. The van der Waals surface area contributed by atoms with Crippen molar-refractivity contribution < 1.29 is 4.79 Å². The Morgan fingerprint density at radius 2 is 1.94 bits per heavy atom. The molecule has 17 heavy (non-hydrogen) atoms. The lowest BCUT2D eigenvalue weighted by Gasteiger charge is -2.12. The first-order chi connectivity index (χ1) is 8.08. The summed E-state index contributed by atoms with van der Waals surface area (Å²) in [5.74, 6) is 1.04. The van der Waals surface area contributed by atoms with E-state index in [-0.39, 0.29) is 11.8 Å². The van der Waals surface area contributed by atoms with Gasteiger partial charge in [0.2, 0.25) is 5.91 Å². The summed E-state index contributed by atoms with van der Waals surface area (Å²) in [6.45, 7) is 2.76. The third kappa shape index (κ3) is 2.99. The molecule has 0 unspecified atom stereocenters. The first kappa shape index (κ1) is 12.0. The summed E-state index contributed by atoms with van der Waals surface area (Å²) in [5, 5.41) is 2.99. The van der Waals surface area contributed by atoms with Gasteiger partial charge in [0.15, 0.2) is 0 Å². The summed E-state index contributed by atoms with van der Waals surface area (Å²) >= 11 is 0. The highest BCUT2D eigenvalue weighted by Gasteiger charge is 2.38. The van der Waals surface area contributed by atoms with Crippen molar-refractivity contribution in [1.29, 1.82) is 0 Å². The van der Waals surface area contributed by atoms with Crippen LogP contribution in [0, 0.1) is 11.8 Å². The third-order valence-electron chi connectivity index (χ3n) is 3.37. The van der Waals surface area contributed by atoms with Crippen molar-refractivity contribution in [3.8, 4) is 0 Å². The molecule has 1 aromatic rings. The van der Waals surface area contributed by atoms with Gasteiger partial charge in [0.1, 0.15) is 0 Å². The van der Waals surface area contributed by atoms with Crippen LogP contribution in [0.5, 0.6) is 0 Å². The number of nitrogens with zero attached hydrogens (tertiary/aromatic N) is 1. The van der Waals surface area contributed by atoms with E-state index in [1.54, 1.807) is 0 Å². The zero-order chi connectivity index (χ0) is 12.4. The topological polar surface area (TPSA) is 32.3 Å². The first-order valence-corrected chi connectivity index (χ1v) is 6.12. The van der Waals surface area contributed by atoms with Crippen molar-refractivity contribution in [2.24, 2.45) is 11.8 Å². The van der Waals surface area contributed by atoms with Gasteiger partial charge in [-0.1, -0.05) is 19.1 Å². The number of hydrogen-bond acceptors (Lipinski definition) is 2. The minimum absolute atomic E-state index is 0.203. The van der Waals surface area contributed by atoms with E-state index in [1.807, 2.05) is 14.1 Å². The van der Waals surface area contributed by atoms with Gasteiger partial charge in [-0.15, -0.1) is 0 Å². The van der Waals surface area contributed by atoms with Gasteiger partial charge >= 0.3 is 0 Å². The molecule has 1 aromatic carbocycles. The number of hydrogen-bond donors (Lipinski definition) is 1. The number of carbonyl (C=O) groups is 1. The van der Waals surface area contributed by atoms with Crippen LogP contribution in [0.2, 0.25) is 0 Å². The number of amides is 1. The summed E-state index contributed by atoms with van der Waals surface area (Å²) in [6.07, 6.45) is 1.05. The molecule has 1 saturated carbocycles. The third-order valence-corrected chi connectivity index (χ3v) is 3.37. The summed E-state index contributed by atoms with van der Waals surface area (Å²) in [7, 11) is 4.04. The molecule has 1 fully saturated rings. The molecule has 0 aliphatic heterocycles. The maximum Gasteiger partial charge on any atom is 0.223 e. The van der Waals surface area contributed by atoms with Gasteiger partial charge in [0.25, 0.3) is 0 Å². The monoisotopic (exact) mass is 232 g/mol. The van der Waals surface area contributed by atoms with Crippen molar-refractivity contribution in [2.45, 2.75) is 19.9 Å². The van der Waals surface area contributed by atoms with E-state index in [9.17, 15) is 4.79 Å². The minimum atomic E-state index is 0.203. The fraction of sp³-hybridized carbons (Fsp3) is 0.500. The van der Waals surface area contributed by atoms with Gasteiger partial charge in [-0.2, -0.15) is 0 Å². The molecule has 2 atom stereocenters. The predicted octanol–water partition coefficient (Wildman–Crippen LogP) is 2.02. The molecule has 0 spiro atoms. The molecule has 0 saturated heterocycles. The maximum absolute atomic E-state index is 11.6. The molecule has 2 rings (SSSR count). The molecule has 1 aliphatic rings. The number of benzene rings is 1. The van der Waals surface area contributed by atoms with Crippen LogP contribution in [0.1, 0.15) is 18.9 Å². The minimum Gasteiger partial charge on any atom is -0.378 e. The van der Waals surface area contributed by atoms with Crippen LogP contribution in [-0.4, -0.2) is 20.0 Å². The zero-order valence-electron chi connectivity index (χ0n) is 10.7. The van der Waals surface area contributed by atoms with Crippen LogP contribution in [-0.2, 0) is 11.3 Å². The predicted molar refractivity (Wildman–Crippen MR) is 69.9 cm³/mol.